The maximum absolute atomic E-state index is 5.09. The van der Waals surface area contributed by atoms with Crippen molar-refractivity contribution in [1.29, 1.82) is 0 Å². The SMILES string of the molecule is C1=CCC(C2Nc3c(ccc4ccc5ccc(-c6nc(-c7ccccc7)cc(-c7ccccc7)n6)cc5c34)S2)C=C1. The first-order valence-corrected chi connectivity index (χ1v) is 14.9. The number of allylic oxidation sites excluding steroid dienone is 3. The predicted octanol–water partition coefficient (Wildman–Crippen LogP) is 9.76. The van der Waals surface area contributed by atoms with Crippen LogP contribution in [0.4, 0.5) is 5.69 Å². The Labute approximate surface area is 243 Å². The van der Waals surface area contributed by atoms with Crippen LogP contribution in [0.1, 0.15) is 6.42 Å². The van der Waals surface area contributed by atoms with E-state index in [1.165, 1.54) is 32.1 Å². The fourth-order valence-electron chi connectivity index (χ4n) is 5.92. The molecule has 1 aliphatic heterocycles. The molecule has 2 atom stereocenters. The zero-order chi connectivity index (χ0) is 27.2. The Morgan fingerprint density at radius 3 is 2.05 bits per heavy atom. The quantitative estimate of drug-likeness (QED) is 0.224. The van der Waals surface area contributed by atoms with Gasteiger partial charge in [0.2, 0.25) is 0 Å². The van der Waals surface area contributed by atoms with E-state index in [4.69, 9.17) is 9.97 Å². The van der Waals surface area contributed by atoms with Crippen molar-refractivity contribution in [1.82, 2.24) is 9.97 Å². The average molecular weight is 546 g/mol. The lowest BCUT2D eigenvalue weighted by Crippen LogP contribution is -2.21. The van der Waals surface area contributed by atoms with Crippen LogP contribution < -0.4 is 5.32 Å². The summed E-state index contributed by atoms with van der Waals surface area (Å²) in [4.78, 5) is 11.5. The lowest BCUT2D eigenvalue weighted by atomic mass is 9.97. The molecule has 0 spiro atoms. The van der Waals surface area contributed by atoms with Gasteiger partial charge >= 0.3 is 0 Å². The summed E-state index contributed by atoms with van der Waals surface area (Å²) < 4.78 is 0. The molecule has 0 saturated carbocycles. The van der Waals surface area contributed by atoms with Crippen LogP contribution in [0.25, 0.3) is 55.4 Å². The van der Waals surface area contributed by atoms with Crippen molar-refractivity contribution in [3.63, 3.8) is 0 Å². The Bertz CT molecular complexity index is 1920. The standard InChI is InChI=1S/C37H27N3S/c1-4-10-25(11-5-1)31-23-32(26-12-6-2-7-13-26)39-36(38-31)29-19-17-24-16-18-27-20-21-33-35(34(27)30(24)22-29)40-37(41-33)28-14-8-3-9-15-28/h1-14,16-23,28,37,40H,15H2. The normalized spacial score (nSPS) is 17.6. The summed E-state index contributed by atoms with van der Waals surface area (Å²) in [6, 6.07) is 38.4. The van der Waals surface area contributed by atoms with Crippen LogP contribution in [0, 0.1) is 5.92 Å². The number of hydrogen-bond donors (Lipinski definition) is 1. The number of nitrogens with one attached hydrogen (secondary N) is 1. The number of anilines is 1. The van der Waals surface area contributed by atoms with E-state index in [0.29, 0.717) is 11.3 Å². The Hall–Kier alpha value is -4.67. The van der Waals surface area contributed by atoms with Crippen LogP contribution in [0.5, 0.6) is 0 Å². The van der Waals surface area contributed by atoms with Gasteiger partial charge in [0.1, 0.15) is 0 Å². The number of benzene rings is 5. The summed E-state index contributed by atoms with van der Waals surface area (Å²) >= 11 is 1.94. The van der Waals surface area contributed by atoms with Crippen molar-refractivity contribution >= 4 is 39.0 Å². The third-order valence-electron chi connectivity index (χ3n) is 8.03. The van der Waals surface area contributed by atoms with Crippen LogP contribution in [0.2, 0.25) is 0 Å². The molecule has 3 nitrogen and oxygen atoms in total. The summed E-state index contributed by atoms with van der Waals surface area (Å²) in [6.45, 7) is 0. The van der Waals surface area contributed by atoms with E-state index in [1.807, 2.05) is 23.9 Å². The topological polar surface area (TPSA) is 37.8 Å². The van der Waals surface area contributed by atoms with Crippen molar-refractivity contribution in [3.05, 3.63) is 133 Å². The summed E-state index contributed by atoms with van der Waals surface area (Å²) in [6.07, 6.45) is 9.98. The molecule has 1 aliphatic carbocycles. The third kappa shape index (κ3) is 4.41. The highest BCUT2D eigenvalue weighted by Crippen LogP contribution is 2.48. The van der Waals surface area contributed by atoms with Gasteiger partial charge in [0.25, 0.3) is 0 Å². The summed E-state index contributed by atoms with van der Waals surface area (Å²) in [7, 11) is 0. The molecular formula is C37H27N3S. The van der Waals surface area contributed by atoms with Gasteiger partial charge in [0, 0.05) is 32.9 Å². The van der Waals surface area contributed by atoms with Gasteiger partial charge in [-0.1, -0.05) is 127 Å². The minimum atomic E-state index is 0.328. The van der Waals surface area contributed by atoms with Gasteiger partial charge in [-0.3, -0.25) is 0 Å². The van der Waals surface area contributed by atoms with Crippen LogP contribution in [-0.2, 0) is 0 Å². The Morgan fingerprint density at radius 2 is 1.34 bits per heavy atom. The zero-order valence-electron chi connectivity index (χ0n) is 22.4. The van der Waals surface area contributed by atoms with Crippen molar-refractivity contribution in [2.45, 2.75) is 16.7 Å². The molecule has 2 unspecified atom stereocenters. The van der Waals surface area contributed by atoms with Gasteiger partial charge in [-0.15, -0.1) is 0 Å². The van der Waals surface area contributed by atoms with Crippen LogP contribution in [-0.4, -0.2) is 15.3 Å². The van der Waals surface area contributed by atoms with E-state index in [0.717, 1.165) is 40.3 Å². The third-order valence-corrected chi connectivity index (χ3v) is 9.35. The molecule has 0 saturated heterocycles. The lowest BCUT2D eigenvalue weighted by molar-refractivity contribution is 0.662. The highest BCUT2D eigenvalue weighted by molar-refractivity contribution is 8.00. The number of hydrogen-bond acceptors (Lipinski definition) is 4. The van der Waals surface area contributed by atoms with Crippen LogP contribution in [0.15, 0.2) is 138 Å². The fourth-order valence-corrected chi connectivity index (χ4v) is 7.18. The van der Waals surface area contributed by atoms with Crippen LogP contribution in [0.3, 0.4) is 0 Å². The molecule has 6 aromatic rings. The molecule has 1 aromatic heterocycles. The van der Waals surface area contributed by atoms with Crippen molar-refractivity contribution in [3.8, 4) is 33.9 Å². The van der Waals surface area contributed by atoms with Crippen molar-refractivity contribution in [2.75, 3.05) is 5.32 Å². The minimum Gasteiger partial charge on any atom is -0.371 e. The second kappa shape index (κ2) is 10.1. The molecule has 0 fully saturated rings. The van der Waals surface area contributed by atoms with E-state index in [1.54, 1.807) is 0 Å². The molecule has 2 aliphatic rings. The zero-order valence-corrected chi connectivity index (χ0v) is 23.2. The number of thioether (sulfide) groups is 1. The molecule has 196 valence electrons. The molecule has 0 bridgehead atoms. The molecule has 4 heteroatoms. The monoisotopic (exact) mass is 545 g/mol. The molecule has 2 heterocycles. The largest absolute Gasteiger partial charge is 0.371 e. The Kier molecular flexibility index (Phi) is 5.93. The van der Waals surface area contributed by atoms with Gasteiger partial charge < -0.3 is 5.32 Å². The van der Waals surface area contributed by atoms with Gasteiger partial charge in [0.15, 0.2) is 5.82 Å². The van der Waals surface area contributed by atoms with Gasteiger partial charge in [-0.05, 0) is 40.8 Å². The Balaban J connectivity index is 1.29. The van der Waals surface area contributed by atoms with Gasteiger partial charge in [0.05, 0.1) is 22.4 Å². The summed E-state index contributed by atoms with van der Waals surface area (Å²) in [5, 5.41) is 9.19. The van der Waals surface area contributed by atoms with Gasteiger partial charge in [-0.25, -0.2) is 9.97 Å². The van der Waals surface area contributed by atoms with E-state index in [-0.39, 0.29) is 0 Å². The van der Waals surface area contributed by atoms with E-state index in [9.17, 15) is 0 Å². The fraction of sp³-hybridized carbons (Fsp3) is 0.0811. The molecule has 0 amide bonds. The Morgan fingerprint density at radius 1 is 0.659 bits per heavy atom. The highest BCUT2D eigenvalue weighted by atomic mass is 32.2. The average Bonchev–Trinajstić information content (AvgIpc) is 3.50. The van der Waals surface area contributed by atoms with Crippen LogP contribution >= 0.6 is 11.8 Å². The second-order valence-electron chi connectivity index (χ2n) is 10.6. The predicted molar refractivity (Wildman–Crippen MR) is 173 cm³/mol. The number of nitrogens with zero attached hydrogens (tertiary/aromatic N) is 2. The smallest absolute Gasteiger partial charge is 0.160 e. The maximum atomic E-state index is 5.09. The minimum absolute atomic E-state index is 0.328. The first kappa shape index (κ1) is 24.2. The number of rotatable bonds is 4. The molecule has 1 N–H and O–H groups in total. The number of fused-ring (bicyclic) bond motifs is 5. The molecule has 8 rings (SSSR count). The first-order chi connectivity index (χ1) is 20.3. The lowest BCUT2D eigenvalue weighted by Gasteiger charge is -2.20. The van der Waals surface area contributed by atoms with E-state index in [2.05, 4.69) is 127 Å². The molecule has 0 radical (unpaired) electrons. The number of aromatic nitrogens is 2. The molecule has 41 heavy (non-hydrogen) atoms. The van der Waals surface area contributed by atoms with Crippen molar-refractivity contribution in [2.24, 2.45) is 5.92 Å². The van der Waals surface area contributed by atoms with E-state index < -0.39 is 0 Å². The highest BCUT2D eigenvalue weighted by Gasteiger charge is 2.29. The van der Waals surface area contributed by atoms with Crippen molar-refractivity contribution < 1.29 is 0 Å². The first-order valence-electron chi connectivity index (χ1n) is 14.1. The van der Waals surface area contributed by atoms with Gasteiger partial charge in [-0.2, -0.15) is 0 Å². The molecule has 5 aromatic carbocycles. The second-order valence-corrected chi connectivity index (χ2v) is 11.8. The summed E-state index contributed by atoms with van der Waals surface area (Å²) in [5.74, 6) is 1.21. The summed E-state index contributed by atoms with van der Waals surface area (Å²) in [5.41, 5.74) is 6.26. The maximum Gasteiger partial charge on any atom is 0.160 e. The molecular weight excluding hydrogens is 518 g/mol. The van der Waals surface area contributed by atoms with E-state index >= 15 is 0 Å².